The fourth-order valence-corrected chi connectivity index (χ4v) is 7.67. The highest BCUT2D eigenvalue weighted by atomic mass is 16.6. The third-order valence-corrected chi connectivity index (χ3v) is 9.85. The molecule has 3 fully saturated rings. The number of amides is 3. The average molecular weight is 668 g/mol. The predicted octanol–water partition coefficient (Wildman–Crippen LogP) is 3.72. The minimum absolute atomic E-state index is 0.0819. The molecular weight excluding hydrogens is 614 g/mol. The molecule has 3 aliphatic heterocycles. The van der Waals surface area contributed by atoms with Gasteiger partial charge in [-0.3, -0.25) is 19.2 Å². The van der Waals surface area contributed by atoms with Gasteiger partial charge in [0, 0.05) is 39.3 Å². The average Bonchev–Trinajstić information content (AvgIpc) is 3.72. The second-order valence-corrected chi connectivity index (χ2v) is 13.3. The number of hydrogen-bond donors (Lipinski definition) is 2. The number of carbonyl (C=O) groups is 4. The minimum Gasteiger partial charge on any atom is -0.455 e. The molecule has 4 rings (SSSR count). The van der Waals surface area contributed by atoms with Gasteiger partial charge in [-0.25, -0.2) is 0 Å². The lowest BCUT2D eigenvalue weighted by molar-refractivity contribution is -0.163. The Kier molecular flexibility index (Phi) is 13.4. The zero-order chi connectivity index (χ0) is 34.8. The second-order valence-electron chi connectivity index (χ2n) is 13.3. The van der Waals surface area contributed by atoms with E-state index in [1.165, 1.54) is 7.11 Å². The van der Waals surface area contributed by atoms with E-state index in [0.29, 0.717) is 50.8 Å². The van der Waals surface area contributed by atoms with Crippen molar-refractivity contribution in [1.29, 1.82) is 0 Å². The lowest BCUT2D eigenvalue weighted by Crippen LogP contribution is -2.57. The first kappa shape index (κ1) is 37.3. The molecule has 1 aromatic carbocycles. The van der Waals surface area contributed by atoms with Crippen LogP contribution in [-0.2, 0) is 33.4 Å². The second kappa shape index (κ2) is 17.2. The lowest BCUT2D eigenvalue weighted by Gasteiger charge is -2.38. The summed E-state index contributed by atoms with van der Waals surface area (Å²) >= 11 is 0. The number of aliphatic hydroxyl groups excluding tert-OH is 1. The number of rotatable bonds is 20. The Morgan fingerprint density at radius 2 is 1.88 bits per heavy atom. The van der Waals surface area contributed by atoms with Crippen LogP contribution in [0.4, 0.5) is 0 Å². The monoisotopic (exact) mass is 667 g/mol. The molecule has 3 saturated heterocycles. The summed E-state index contributed by atoms with van der Waals surface area (Å²) in [6.45, 7) is 12.2. The summed E-state index contributed by atoms with van der Waals surface area (Å²) in [5, 5.41) is 12.2. The van der Waals surface area contributed by atoms with E-state index in [9.17, 15) is 24.3 Å². The summed E-state index contributed by atoms with van der Waals surface area (Å²) < 4.78 is 18.4. The zero-order valence-corrected chi connectivity index (χ0v) is 28.7. The predicted molar refractivity (Wildman–Crippen MR) is 180 cm³/mol. The summed E-state index contributed by atoms with van der Waals surface area (Å²) in [5.74, 6) is -3.11. The summed E-state index contributed by atoms with van der Waals surface area (Å²) in [4.78, 5) is 59.3. The zero-order valence-electron chi connectivity index (χ0n) is 28.7. The van der Waals surface area contributed by atoms with Crippen LogP contribution in [-0.4, -0.2) is 102 Å². The van der Waals surface area contributed by atoms with Gasteiger partial charge < -0.3 is 34.4 Å². The number of aliphatic hydroxyl groups is 1. The van der Waals surface area contributed by atoms with Crippen LogP contribution < -0.4 is 5.32 Å². The van der Waals surface area contributed by atoms with E-state index in [1.54, 1.807) is 22.0 Å². The molecule has 1 spiro atoms. The summed E-state index contributed by atoms with van der Waals surface area (Å²) in [5.41, 5.74) is -0.488. The topological polar surface area (TPSA) is 135 Å². The molecule has 7 atom stereocenters. The fraction of sp³-hybridized carbons (Fsp3) is 0.622. The maximum absolute atomic E-state index is 14.4. The summed E-state index contributed by atoms with van der Waals surface area (Å²) in [6.07, 6.45) is 6.47. The van der Waals surface area contributed by atoms with Gasteiger partial charge in [-0.05, 0) is 51.5 Å². The van der Waals surface area contributed by atoms with Crippen LogP contribution in [0.3, 0.4) is 0 Å². The third kappa shape index (κ3) is 7.84. The number of nitrogens with one attached hydrogen (secondary N) is 1. The number of benzene rings is 1. The Hall–Kier alpha value is -3.54. The highest BCUT2D eigenvalue weighted by molar-refractivity contribution is 5.98. The number of fused-ring (bicyclic) bond motifs is 1. The van der Waals surface area contributed by atoms with Crippen molar-refractivity contribution in [3.63, 3.8) is 0 Å². The number of nitrogens with zero attached hydrogens (tertiary/aromatic N) is 2. The van der Waals surface area contributed by atoms with Crippen molar-refractivity contribution < 1.29 is 38.5 Å². The molecule has 0 radical (unpaired) electrons. The van der Waals surface area contributed by atoms with Crippen molar-refractivity contribution in [2.45, 2.75) is 101 Å². The highest BCUT2D eigenvalue weighted by Crippen LogP contribution is 2.59. The van der Waals surface area contributed by atoms with E-state index in [-0.39, 0.29) is 43.4 Å². The van der Waals surface area contributed by atoms with Gasteiger partial charge in [0.2, 0.25) is 17.7 Å². The molecule has 0 aliphatic carbocycles. The van der Waals surface area contributed by atoms with Gasteiger partial charge in [-0.2, -0.15) is 0 Å². The Bertz CT molecular complexity index is 1290. The van der Waals surface area contributed by atoms with Gasteiger partial charge in [-0.15, -0.1) is 13.2 Å². The maximum Gasteiger partial charge on any atom is 0.313 e. The molecule has 0 unspecified atom stereocenters. The van der Waals surface area contributed by atoms with Crippen molar-refractivity contribution in [2.75, 3.05) is 33.4 Å². The van der Waals surface area contributed by atoms with Crippen molar-refractivity contribution in [1.82, 2.24) is 15.1 Å². The number of ether oxygens (including phenoxy) is 3. The third-order valence-electron chi connectivity index (χ3n) is 9.85. The van der Waals surface area contributed by atoms with Crippen molar-refractivity contribution in [3.05, 3.63) is 61.2 Å². The Labute approximate surface area is 284 Å². The van der Waals surface area contributed by atoms with Crippen LogP contribution in [0.25, 0.3) is 0 Å². The van der Waals surface area contributed by atoms with E-state index in [4.69, 9.17) is 14.2 Å². The largest absolute Gasteiger partial charge is 0.455 e. The van der Waals surface area contributed by atoms with Crippen molar-refractivity contribution >= 4 is 23.7 Å². The van der Waals surface area contributed by atoms with Gasteiger partial charge in [0.15, 0.2) is 0 Å². The van der Waals surface area contributed by atoms with Crippen LogP contribution in [0, 0.1) is 11.8 Å². The van der Waals surface area contributed by atoms with E-state index >= 15 is 0 Å². The van der Waals surface area contributed by atoms with Gasteiger partial charge in [0.25, 0.3) is 0 Å². The van der Waals surface area contributed by atoms with E-state index in [2.05, 4.69) is 18.5 Å². The first-order valence-corrected chi connectivity index (χ1v) is 17.3. The SMILES string of the molecule is C=CCCC(=O)N[C@H](COC)[C@H](OC(=O)[C@@H]1[C@H]2C(=O)N(CCCCCCO)[C@H](C(=O)N(CC=C)C(C)C)[C@]23CC[C@H]1O3)c1ccccc1. The normalized spacial score (nSPS) is 25.4. The number of methoxy groups -OCH3 is 1. The summed E-state index contributed by atoms with van der Waals surface area (Å²) in [6, 6.07) is 7.43. The van der Waals surface area contributed by atoms with Gasteiger partial charge in [0.05, 0.1) is 30.6 Å². The smallest absolute Gasteiger partial charge is 0.313 e. The van der Waals surface area contributed by atoms with Crippen LogP contribution in [0.15, 0.2) is 55.6 Å². The molecule has 3 heterocycles. The van der Waals surface area contributed by atoms with Crippen molar-refractivity contribution in [3.8, 4) is 0 Å². The quantitative estimate of drug-likeness (QED) is 0.122. The number of allylic oxidation sites excluding steroid dienone is 1. The number of likely N-dealkylation sites (tertiary alicyclic amines) is 1. The molecule has 2 N–H and O–H groups in total. The number of hydrogen-bond acceptors (Lipinski definition) is 8. The van der Waals surface area contributed by atoms with Gasteiger partial charge in [-0.1, -0.05) is 55.3 Å². The lowest BCUT2D eigenvalue weighted by atomic mass is 9.70. The molecule has 0 aromatic heterocycles. The first-order chi connectivity index (χ1) is 23.1. The molecule has 48 heavy (non-hydrogen) atoms. The molecule has 1 aromatic rings. The Balaban J connectivity index is 1.66. The molecule has 0 saturated carbocycles. The fourth-order valence-electron chi connectivity index (χ4n) is 7.67. The molecule has 2 bridgehead atoms. The maximum atomic E-state index is 14.4. The minimum atomic E-state index is -1.16. The summed E-state index contributed by atoms with van der Waals surface area (Å²) in [7, 11) is 1.51. The first-order valence-electron chi connectivity index (χ1n) is 17.3. The molecule has 3 aliphatic rings. The standard InChI is InChI=1S/C37H53N3O8/c1-6-8-18-29(42)38-27(24-46-5)32(26-16-12-11-13-17-26)47-36(45)30-28-19-20-37(48-28)31(30)34(43)40(22-14-9-10-15-23-41)33(37)35(44)39(21-7-2)25(3)4/h6-7,11-13,16-17,25,27-28,30-33,41H,1-2,8-10,14-15,18-24H2,3-5H3,(H,38,42)/t27-,28-,30+,31+,32-,33-,37+/m1/s1. The van der Waals surface area contributed by atoms with Gasteiger partial charge >= 0.3 is 5.97 Å². The van der Waals surface area contributed by atoms with E-state index in [1.807, 2.05) is 44.2 Å². The van der Waals surface area contributed by atoms with Gasteiger partial charge in [0.1, 0.15) is 17.7 Å². The number of unbranched alkanes of at least 4 members (excludes halogenated alkanes) is 3. The van der Waals surface area contributed by atoms with Crippen LogP contribution in [0.5, 0.6) is 0 Å². The van der Waals surface area contributed by atoms with Crippen LogP contribution >= 0.6 is 0 Å². The molecule has 264 valence electrons. The molecule has 3 amide bonds. The Morgan fingerprint density at radius 1 is 1.15 bits per heavy atom. The van der Waals surface area contributed by atoms with E-state index in [0.717, 1.165) is 12.8 Å². The van der Waals surface area contributed by atoms with Crippen LogP contribution in [0.2, 0.25) is 0 Å². The molecule has 11 nitrogen and oxygen atoms in total. The number of esters is 1. The van der Waals surface area contributed by atoms with E-state index < -0.39 is 47.7 Å². The molecular formula is C37H53N3O8. The molecule has 11 heteroatoms. The number of carbonyl (C=O) groups excluding carboxylic acids is 4. The highest BCUT2D eigenvalue weighted by Gasteiger charge is 2.75. The van der Waals surface area contributed by atoms with Crippen LogP contribution in [0.1, 0.15) is 76.9 Å². The van der Waals surface area contributed by atoms with Crippen molar-refractivity contribution in [2.24, 2.45) is 11.8 Å². The Morgan fingerprint density at radius 3 is 2.52 bits per heavy atom.